The van der Waals surface area contributed by atoms with E-state index in [-0.39, 0.29) is 5.91 Å². The molecule has 6 nitrogen and oxygen atoms in total. The molecule has 1 amide bonds. The molecule has 1 saturated heterocycles. The van der Waals surface area contributed by atoms with E-state index < -0.39 is 0 Å². The molecule has 1 aliphatic rings. The van der Waals surface area contributed by atoms with Gasteiger partial charge >= 0.3 is 0 Å². The van der Waals surface area contributed by atoms with E-state index in [2.05, 4.69) is 15.6 Å². The molecule has 0 aliphatic carbocycles. The zero-order chi connectivity index (χ0) is 13.5. The van der Waals surface area contributed by atoms with Crippen molar-refractivity contribution >= 4 is 17.3 Å². The SMILES string of the molecule is CNc1cncc(NCCC(=O)N2CCOCC2)c1. The fourth-order valence-corrected chi connectivity index (χ4v) is 1.96. The molecule has 0 saturated carbocycles. The number of pyridine rings is 1. The topological polar surface area (TPSA) is 66.5 Å². The van der Waals surface area contributed by atoms with Crippen molar-refractivity contribution in [1.29, 1.82) is 0 Å². The highest BCUT2D eigenvalue weighted by atomic mass is 16.5. The maximum atomic E-state index is 11.9. The summed E-state index contributed by atoms with van der Waals surface area (Å²) < 4.78 is 5.22. The van der Waals surface area contributed by atoms with Gasteiger partial charge in [-0.3, -0.25) is 9.78 Å². The number of carbonyl (C=O) groups excluding carboxylic acids is 1. The van der Waals surface area contributed by atoms with Crippen molar-refractivity contribution in [2.75, 3.05) is 50.5 Å². The van der Waals surface area contributed by atoms with Gasteiger partial charge in [0.15, 0.2) is 0 Å². The summed E-state index contributed by atoms with van der Waals surface area (Å²) in [5.41, 5.74) is 1.87. The van der Waals surface area contributed by atoms with E-state index in [1.54, 1.807) is 12.4 Å². The maximum Gasteiger partial charge on any atom is 0.224 e. The van der Waals surface area contributed by atoms with Crippen LogP contribution in [0.1, 0.15) is 6.42 Å². The third-order valence-electron chi connectivity index (χ3n) is 3.06. The fraction of sp³-hybridized carbons (Fsp3) is 0.538. The lowest BCUT2D eigenvalue weighted by atomic mass is 10.3. The van der Waals surface area contributed by atoms with Crippen LogP contribution in [0.3, 0.4) is 0 Å². The van der Waals surface area contributed by atoms with Gasteiger partial charge in [0.05, 0.1) is 37.0 Å². The second-order valence-corrected chi connectivity index (χ2v) is 4.38. The van der Waals surface area contributed by atoms with Crippen molar-refractivity contribution in [1.82, 2.24) is 9.88 Å². The second kappa shape index (κ2) is 6.94. The van der Waals surface area contributed by atoms with Crippen LogP contribution in [0.25, 0.3) is 0 Å². The Balaban J connectivity index is 1.74. The van der Waals surface area contributed by atoms with Crippen molar-refractivity contribution in [3.63, 3.8) is 0 Å². The largest absolute Gasteiger partial charge is 0.387 e. The monoisotopic (exact) mass is 264 g/mol. The van der Waals surface area contributed by atoms with Crippen molar-refractivity contribution in [3.05, 3.63) is 18.5 Å². The molecule has 1 aromatic heterocycles. The molecule has 1 aliphatic heterocycles. The van der Waals surface area contributed by atoms with Gasteiger partial charge in [-0.05, 0) is 6.07 Å². The quantitative estimate of drug-likeness (QED) is 0.823. The van der Waals surface area contributed by atoms with Gasteiger partial charge in [0.25, 0.3) is 0 Å². The van der Waals surface area contributed by atoms with Gasteiger partial charge in [-0.1, -0.05) is 0 Å². The van der Waals surface area contributed by atoms with Gasteiger partial charge in [-0.2, -0.15) is 0 Å². The molecule has 0 radical (unpaired) electrons. The van der Waals surface area contributed by atoms with Crippen LogP contribution in [0.4, 0.5) is 11.4 Å². The number of nitrogens with one attached hydrogen (secondary N) is 2. The van der Waals surface area contributed by atoms with E-state index in [0.29, 0.717) is 39.3 Å². The zero-order valence-corrected chi connectivity index (χ0v) is 11.2. The van der Waals surface area contributed by atoms with Crippen LogP contribution in [0.5, 0.6) is 0 Å². The van der Waals surface area contributed by atoms with Crippen LogP contribution in [0, 0.1) is 0 Å². The molecule has 2 rings (SSSR count). The molecule has 19 heavy (non-hydrogen) atoms. The molecule has 104 valence electrons. The number of ether oxygens (including phenoxy) is 1. The van der Waals surface area contributed by atoms with Crippen LogP contribution >= 0.6 is 0 Å². The van der Waals surface area contributed by atoms with E-state index >= 15 is 0 Å². The normalized spacial score (nSPS) is 15.1. The van der Waals surface area contributed by atoms with Crippen LogP contribution < -0.4 is 10.6 Å². The number of nitrogens with zero attached hydrogens (tertiary/aromatic N) is 2. The molecule has 2 heterocycles. The smallest absolute Gasteiger partial charge is 0.224 e. The number of morpholine rings is 1. The fourth-order valence-electron chi connectivity index (χ4n) is 1.96. The van der Waals surface area contributed by atoms with Gasteiger partial charge in [0.1, 0.15) is 0 Å². The highest BCUT2D eigenvalue weighted by Gasteiger charge is 2.15. The van der Waals surface area contributed by atoms with E-state index in [1.807, 2.05) is 18.0 Å². The summed E-state index contributed by atoms with van der Waals surface area (Å²) >= 11 is 0. The van der Waals surface area contributed by atoms with Gasteiger partial charge < -0.3 is 20.3 Å². The first-order chi connectivity index (χ1) is 9.29. The first-order valence-electron chi connectivity index (χ1n) is 6.52. The lowest BCUT2D eigenvalue weighted by Gasteiger charge is -2.26. The Hall–Kier alpha value is -1.82. The van der Waals surface area contributed by atoms with E-state index in [1.165, 1.54) is 0 Å². The van der Waals surface area contributed by atoms with Crippen LogP contribution in [0.15, 0.2) is 18.5 Å². The van der Waals surface area contributed by atoms with Crippen LogP contribution in [-0.4, -0.2) is 55.7 Å². The standard InChI is InChI=1S/C13H20N4O2/c1-14-11-8-12(10-15-9-11)16-3-2-13(18)17-4-6-19-7-5-17/h8-10,14,16H,2-7H2,1H3. The van der Waals surface area contributed by atoms with Gasteiger partial charge in [-0.15, -0.1) is 0 Å². The molecule has 1 fully saturated rings. The molecule has 0 aromatic carbocycles. The highest BCUT2D eigenvalue weighted by Crippen LogP contribution is 2.12. The number of carbonyl (C=O) groups is 1. The summed E-state index contributed by atoms with van der Waals surface area (Å²) in [4.78, 5) is 17.9. The summed E-state index contributed by atoms with van der Waals surface area (Å²) in [6.07, 6.45) is 3.99. The molecular weight excluding hydrogens is 244 g/mol. The molecule has 0 spiro atoms. The van der Waals surface area contributed by atoms with Crippen LogP contribution in [-0.2, 0) is 9.53 Å². The molecule has 0 atom stereocenters. The average Bonchev–Trinajstić information content (AvgIpc) is 2.48. The van der Waals surface area contributed by atoms with Crippen molar-refractivity contribution in [2.45, 2.75) is 6.42 Å². The predicted octanol–water partition coefficient (Wildman–Crippen LogP) is 0.784. The average molecular weight is 264 g/mol. The van der Waals surface area contributed by atoms with Gasteiger partial charge in [-0.25, -0.2) is 0 Å². The third kappa shape index (κ3) is 4.10. The van der Waals surface area contributed by atoms with Crippen molar-refractivity contribution in [3.8, 4) is 0 Å². The Morgan fingerprint density at radius 2 is 2.11 bits per heavy atom. The van der Waals surface area contributed by atoms with E-state index in [0.717, 1.165) is 11.4 Å². The number of hydrogen-bond acceptors (Lipinski definition) is 5. The minimum atomic E-state index is 0.175. The lowest BCUT2D eigenvalue weighted by Crippen LogP contribution is -2.41. The zero-order valence-electron chi connectivity index (χ0n) is 11.2. The summed E-state index contributed by atoms with van der Waals surface area (Å²) in [5, 5.41) is 6.23. The second-order valence-electron chi connectivity index (χ2n) is 4.38. The minimum absolute atomic E-state index is 0.175. The van der Waals surface area contributed by atoms with Crippen molar-refractivity contribution in [2.24, 2.45) is 0 Å². The Morgan fingerprint density at radius 3 is 2.84 bits per heavy atom. The summed E-state index contributed by atoms with van der Waals surface area (Å²) in [5.74, 6) is 0.175. The maximum absolute atomic E-state index is 11.9. The minimum Gasteiger partial charge on any atom is -0.387 e. The summed E-state index contributed by atoms with van der Waals surface area (Å²) in [7, 11) is 1.85. The summed E-state index contributed by atoms with van der Waals surface area (Å²) in [6.45, 7) is 3.32. The molecule has 2 N–H and O–H groups in total. The van der Waals surface area contributed by atoms with Gasteiger partial charge in [0.2, 0.25) is 5.91 Å². The third-order valence-corrected chi connectivity index (χ3v) is 3.06. The first-order valence-corrected chi connectivity index (χ1v) is 6.52. The predicted molar refractivity (Wildman–Crippen MR) is 74.3 cm³/mol. The number of aromatic nitrogens is 1. The number of hydrogen-bond donors (Lipinski definition) is 2. The molecule has 0 unspecified atom stereocenters. The number of amides is 1. The van der Waals surface area contributed by atoms with E-state index in [4.69, 9.17) is 4.74 Å². The lowest BCUT2D eigenvalue weighted by molar-refractivity contribution is -0.134. The first kappa shape index (κ1) is 13.6. The Labute approximate surface area is 113 Å². The number of rotatable bonds is 5. The molecular formula is C13H20N4O2. The Kier molecular flexibility index (Phi) is 4.97. The van der Waals surface area contributed by atoms with E-state index in [9.17, 15) is 4.79 Å². The summed E-state index contributed by atoms with van der Waals surface area (Å²) in [6, 6.07) is 1.96. The highest BCUT2D eigenvalue weighted by molar-refractivity contribution is 5.76. The van der Waals surface area contributed by atoms with Crippen LogP contribution in [0.2, 0.25) is 0 Å². The Morgan fingerprint density at radius 1 is 1.37 bits per heavy atom. The van der Waals surface area contributed by atoms with Crippen molar-refractivity contribution < 1.29 is 9.53 Å². The molecule has 1 aromatic rings. The van der Waals surface area contributed by atoms with Gasteiger partial charge in [0, 0.05) is 33.1 Å². The number of anilines is 2. The Bertz CT molecular complexity index is 419. The molecule has 6 heteroatoms. The molecule has 0 bridgehead atoms.